The molecule has 1 aliphatic heterocycles. The molecule has 1 aromatic rings. The van der Waals surface area contributed by atoms with Crippen LogP contribution in [0.1, 0.15) is 5.56 Å². The van der Waals surface area contributed by atoms with Crippen LogP contribution < -0.4 is 9.47 Å². The fourth-order valence-electron chi connectivity index (χ4n) is 1.50. The normalized spacial score (nSPS) is 12.8. The summed E-state index contributed by atoms with van der Waals surface area (Å²) in [6, 6.07) is 4.92. The van der Waals surface area contributed by atoms with Crippen molar-refractivity contribution in [2.45, 2.75) is 6.42 Å². The third kappa shape index (κ3) is 2.28. The molecule has 16 heavy (non-hydrogen) atoms. The van der Waals surface area contributed by atoms with Gasteiger partial charge in [-0.15, -0.1) is 0 Å². The zero-order valence-electron chi connectivity index (χ0n) is 8.34. The first-order chi connectivity index (χ1) is 7.65. The predicted octanol–water partition coefficient (Wildman–Crippen LogP) is 0.804. The van der Waals surface area contributed by atoms with Crippen LogP contribution in [0.15, 0.2) is 18.2 Å². The second-order valence-corrected chi connectivity index (χ2v) is 3.33. The van der Waals surface area contributed by atoms with Crippen molar-refractivity contribution in [2.75, 3.05) is 13.2 Å². The van der Waals surface area contributed by atoms with Gasteiger partial charge in [0.05, 0.1) is 6.61 Å². The van der Waals surface area contributed by atoms with Crippen LogP contribution in [0.2, 0.25) is 0 Å². The summed E-state index contributed by atoms with van der Waals surface area (Å²) in [4.78, 5) is 20.4. The van der Waals surface area contributed by atoms with E-state index in [0.29, 0.717) is 12.4 Å². The van der Waals surface area contributed by atoms with Crippen molar-refractivity contribution >= 4 is 5.97 Å². The highest BCUT2D eigenvalue weighted by molar-refractivity contribution is 5.73. The summed E-state index contributed by atoms with van der Waals surface area (Å²) >= 11 is 0. The molecule has 0 bridgehead atoms. The molecule has 2 rings (SSSR count). The maximum atomic E-state index is 11.0. The number of carbonyl (C=O) groups is 1. The molecule has 1 aliphatic rings. The lowest BCUT2D eigenvalue weighted by Crippen LogP contribution is -2.19. The molecule has 84 valence electrons. The Morgan fingerprint density at radius 2 is 2.38 bits per heavy atom. The quantitative estimate of drug-likeness (QED) is 0.328. The maximum Gasteiger partial charge on any atom is 0.383 e. The van der Waals surface area contributed by atoms with E-state index in [1.807, 2.05) is 0 Å². The molecule has 0 spiro atoms. The van der Waals surface area contributed by atoms with Gasteiger partial charge in [-0.05, 0) is 18.2 Å². The van der Waals surface area contributed by atoms with Crippen LogP contribution in [-0.2, 0) is 11.2 Å². The van der Waals surface area contributed by atoms with Crippen LogP contribution in [0.25, 0.3) is 0 Å². The van der Waals surface area contributed by atoms with Gasteiger partial charge in [-0.2, -0.15) is 0 Å². The Kier molecular flexibility index (Phi) is 2.72. The highest BCUT2D eigenvalue weighted by Crippen LogP contribution is 2.28. The summed E-state index contributed by atoms with van der Waals surface area (Å²) in [7, 11) is 0. The van der Waals surface area contributed by atoms with Gasteiger partial charge in [0.25, 0.3) is 6.54 Å². The molecule has 0 atom stereocenters. The minimum Gasteiger partial charge on any atom is -0.493 e. The molecule has 0 fully saturated rings. The first kappa shape index (κ1) is 10.4. The van der Waals surface area contributed by atoms with Crippen LogP contribution in [0.4, 0.5) is 0 Å². The lowest BCUT2D eigenvalue weighted by Gasteiger charge is -2.03. The lowest BCUT2D eigenvalue weighted by atomic mass is 10.2. The predicted molar refractivity (Wildman–Crippen MR) is 53.1 cm³/mol. The van der Waals surface area contributed by atoms with E-state index in [4.69, 9.17) is 9.47 Å². The minimum absolute atomic E-state index is 0.316. The number of nitro groups is 1. The number of esters is 1. The molecular weight excluding hydrogens is 214 g/mol. The van der Waals surface area contributed by atoms with Gasteiger partial charge in [0.1, 0.15) is 11.5 Å². The summed E-state index contributed by atoms with van der Waals surface area (Å²) in [5.41, 5.74) is 0.950. The first-order valence-electron chi connectivity index (χ1n) is 4.73. The standard InChI is InChI=1S/C10H9NO5/c12-10(6-11(13)14)16-8-1-2-9-7(5-8)3-4-15-9/h1-2,5H,3-4,6H2. The summed E-state index contributed by atoms with van der Waals surface area (Å²) < 4.78 is 10.1. The summed E-state index contributed by atoms with van der Waals surface area (Å²) in [5, 5.41) is 10.1. The van der Waals surface area contributed by atoms with Crippen molar-refractivity contribution < 1.29 is 19.2 Å². The number of fused-ring (bicyclic) bond motifs is 1. The maximum absolute atomic E-state index is 11.0. The highest BCUT2D eigenvalue weighted by Gasteiger charge is 2.16. The van der Waals surface area contributed by atoms with E-state index in [1.165, 1.54) is 0 Å². The van der Waals surface area contributed by atoms with Gasteiger partial charge in [0.2, 0.25) is 0 Å². The molecule has 0 aromatic heterocycles. The van der Waals surface area contributed by atoms with E-state index in [1.54, 1.807) is 18.2 Å². The van der Waals surface area contributed by atoms with Gasteiger partial charge in [-0.1, -0.05) is 0 Å². The van der Waals surface area contributed by atoms with E-state index in [0.717, 1.165) is 17.7 Å². The molecule has 1 aromatic carbocycles. The molecule has 0 saturated heterocycles. The van der Waals surface area contributed by atoms with Crippen molar-refractivity contribution in [3.63, 3.8) is 0 Å². The SMILES string of the molecule is O=C(C[N+](=O)[O-])Oc1ccc2c(c1)CCO2. The smallest absolute Gasteiger partial charge is 0.383 e. The van der Waals surface area contributed by atoms with E-state index in [-0.39, 0.29) is 0 Å². The second-order valence-electron chi connectivity index (χ2n) is 3.33. The van der Waals surface area contributed by atoms with E-state index >= 15 is 0 Å². The van der Waals surface area contributed by atoms with Crippen molar-refractivity contribution in [3.05, 3.63) is 33.9 Å². The third-order valence-corrected chi connectivity index (χ3v) is 2.15. The average Bonchev–Trinajstić information content (AvgIpc) is 2.63. The Balaban J connectivity index is 2.05. The van der Waals surface area contributed by atoms with Gasteiger partial charge in [-0.3, -0.25) is 10.1 Å². The number of benzene rings is 1. The Morgan fingerprint density at radius 3 is 3.12 bits per heavy atom. The average molecular weight is 223 g/mol. The number of nitrogens with zero attached hydrogens (tertiary/aromatic N) is 1. The second kappa shape index (κ2) is 4.18. The Labute approximate surface area is 90.9 Å². The molecule has 6 nitrogen and oxygen atoms in total. The van der Waals surface area contributed by atoms with Crippen LogP contribution >= 0.6 is 0 Å². The third-order valence-electron chi connectivity index (χ3n) is 2.15. The van der Waals surface area contributed by atoms with Gasteiger partial charge in [0.15, 0.2) is 0 Å². The van der Waals surface area contributed by atoms with Crippen LogP contribution in [0, 0.1) is 10.1 Å². The van der Waals surface area contributed by atoms with Gasteiger partial charge in [0, 0.05) is 16.9 Å². The molecule has 6 heteroatoms. The van der Waals surface area contributed by atoms with Crippen LogP contribution in [0.3, 0.4) is 0 Å². The van der Waals surface area contributed by atoms with Gasteiger partial charge >= 0.3 is 5.97 Å². The molecule has 1 heterocycles. The molecule has 0 aliphatic carbocycles. The van der Waals surface area contributed by atoms with Crippen molar-refractivity contribution in [1.29, 1.82) is 0 Å². The van der Waals surface area contributed by atoms with Crippen molar-refractivity contribution in [3.8, 4) is 11.5 Å². The number of hydrogen-bond donors (Lipinski definition) is 0. The topological polar surface area (TPSA) is 78.7 Å². The fraction of sp³-hybridized carbons (Fsp3) is 0.300. The van der Waals surface area contributed by atoms with Crippen molar-refractivity contribution in [1.82, 2.24) is 0 Å². The van der Waals surface area contributed by atoms with Crippen LogP contribution in [-0.4, -0.2) is 24.0 Å². The Morgan fingerprint density at radius 1 is 1.56 bits per heavy atom. The minimum atomic E-state index is -0.871. The number of rotatable bonds is 3. The summed E-state index contributed by atoms with van der Waals surface area (Å²) in [6.07, 6.45) is 0.760. The van der Waals surface area contributed by atoms with Crippen molar-refractivity contribution in [2.24, 2.45) is 0 Å². The summed E-state index contributed by atoms with van der Waals surface area (Å²) in [5.74, 6) is 0.217. The van der Waals surface area contributed by atoms with Gasteiger partial charge in [-0.25, -0.2) is 4.79 Å². The fourth-order valence-corrected chi connectivity index (χ4v) is 1.50. The van der Waals surface area contributed by atoms with E-state index in [9.17, 15) is 14.9 Å². The molecule has 0 saturated carbocycles. The molecule has 0 amide bonds. The number of ether oxygens (including phenoxy) is 2. The zero-order valence-corrected chi connectivity index (χ0v) is 8.34. The molecular formula is C10H9NO5. The lowest BCUT2D eigenvalue weighted by molar-refractivity contribution is -0.469. The van der Waals surface area contributed by atoms with Crippen LogP contribution in [0.5, 0.6) is 11.5 Å². The zero-order chi connectivity index (χ0) is 11.5. The largest absolute Gasteiger partial charge is 0.493 e. The monoisotopic (exact) mass is 223 g/mol. The Hall–Kier alpha value is -2.11. The highest BCUT2D eigenvalue weighted by atomic mass is 16.6. The van der Waals surface area contributed by atoms with E-state index in [2.05, 4.69) is 0 Å². The molecule has 0 N–H and O–H groups in total. The first-order valence-corrected chi connectivity index (χ1v) is 4.73. The number of carbonyl (C=O) groups excluding carboxylic acids is 1. The summed E-state index contributed by atoms with van der Waals surface area (Å²) in [6.45, 7) is -0.213. The molecule has 0 unspecified atom stereocenters. The number of hydrogen-bond acceptors (Lipinski definition) is 5. The van der Waals surface area contributed by atoms with Gasteiger partial charge < -0.3 is 9.47 Å². The van der Waals surface area contributed by atoms with E-state index < -0.39 is 17.4 Å². The Bertz CT molecular complexity index is 443. The molecule has 0 radical (unpaired) electrons.